The van der Waals surface area contributed by atoms with E-state index in [0.717, 1.165) is 0 Å². The highest BCUT2D eigenvalue weighted by molar-refractivity contribution is 5.95. The average Bonchev–Trinajstić information content (AvgIpc) is 2.00. The van der Waals surface area contributed by atoms with Gasteiger partial charge in [-0.2, -0.15) is 0 Å². The number of carbonyl (C=O) groups excluding carboxylic acids is 1. The zero-order valence-electron chi connectivity index (χ0n) is 6.55. The van der Waals surface area contributed by atoms with Gasteiger partial charge in [0.15, 0.2) is 5.78 Å². The summed E-state index contributed by atoms with van der Waals surface area (Å²) in [6, 6.07) is 0. The van der Waals surface area contributed by atoms with Crippen molar-refractivity contribution < 1.29 is 9.90 Å². The smallest absolute Gasteiger partial charge is 0.160 e. The monoisotopic (exact) mass is 142 g/mol. The molecule has 1 atom stereocenters. The van der Waals surface area contributed by atoms with Crippen LogP contribution in [-0.2, 0) is 4.79 Å². The number of Topliss-reactive ketones (excluding diaryl/α,β-unsaturated/α-hetero) is 1. The molecule has 0 aromatic rings. The van der Waals surface area contributed by atoms with Crippen molar-refractivity contribution in [1.29, 1.82) is 0 Å². The minimum atomic E-state index is -0.646. The fourth-order valence-corrected chi connectivity index (χ4v) is 0.659. The lowest BCUT2D eigenvalue weighted by Crippen LogP contribution is -2.15. The summed E-state index contributed by atoms with van der Waals surface area (Å²) in [5.74, 6) is -0.0469. The molecule has 0 aromatic carbocycles. The van der Waals surface area contributed by atoms with Gasteiger partial charge in [0.25, 0.3) is 0 Å². The summed E-state index contributed by atoms with van der Waals surface area (Å²) in [6.07, 6.45) is 0.341. The summed E-state index contributed by atoms with van der Waals surface area (Å²) >= 11 is 0. The van der Waals surface area contributed by atoms with Crippen LogP contribution in [0.4, 0.5) is 0 Å². The van der Waals surface area contributed by atoms with E-state index in [4.69, 9.17) is 5.11 Å². The Morgan fingerprint density at radius 1 is 1.60 bits per heavy atom. The van der Waals surface area contributed by atoms with Crippen molar-refractivity contribution in [2.24, 2.45) is 0 Å². The molecule has 0 aromatic heterocycles. The van der Waals surface area contributed by atoms with Crippen LogP contribution in [0.3, 0.4) is 0 Å². The van der Waals surface area contributed by atoms with Crippen molar-refractivity contribution in [2.75, 3.05) is 0 Å². The minimum Gasteiger partial charge on any atom is -0.388 e. The van der Waals surface area contributed by atoms with Crippen LogP contribution in [0.5, 0.6) is 0 Å². The predicted molar refractivity (Wildman–Crippen MR) is 40.7 cm³/mol. The number of ketones is 1. The third-order valence-electron chi connectivity index (χ3n) is 1.47. The summed E-state index contributed by atoms with van der Waals surface area (Å²) in [5, 5.41) is 9.11. The molecule has 2 nitrogen and oxygen atoms in total. The summed E-state index contributed by atoms with van der Waals surface area (Å²) in [5.41, 5.74) is 0.338. The van der Waals surface area contributed by atoms with Gasteiger partial charge in [0, 0.05) is 12.0 Å². The normalized spacial score (nSPS) is 12.7. The lowest BCUT2D eigenvalue weighted by molar-refractivity contribution is -0.116. The molecule has 10 heavy (non-hydrogen) atoms. The maximum atomic E-state index is 10.9. The van der Waals surface area contributed by atoms with Crippen molar-refractivity contribution in [3.63, 3.8) is 0 Å². The third-order valence-corrected chi connectivity index (χ3v) is 1.47. The van der Waals surface area contributed by atoms with E-state index in [0.29, 0.717) is 18.4 Å². The first-order chi connectivity index (χ1) is 4.63. The van der Waals surface area contributed by atoms with E-state index in [-0.39, 0.29) is 5.78 Å². The third kappa shape index (κ3) is 2.31. The van der Waals surface area contributed by atoms with Gasteiger partial charge in [-0.25, -0.2) is 0 Å². The van der Waals surface area contributed by atoms with E-state index in [9.17, 15) is 4.79 Å². The second kappa shape index (κ2) is 4.23. The summed E-state index contributed by atoms with van der Waals surface area (Å²) in [7, 11) is 0. The molecule has 0 spiro atoms. The topological polar surface area (TPSA) is 37.3 Å². The Bertz CT molecular complexity index is 138. The van der Waals surface area contributed by atoms with Crippen molar-refractivity contribution >= 4 is 5.78 Å². The molecule has 0 aliphatic carbocycles. The van der Waals surface area contributed by atoms with Gasteiger partial charge in [-0.1, -0.05) is 20.4 Å². The molecule has 0 radical (unpaired) electrons. The Morgan fingerprint density at radius 3 is 2.40 bits per heavy atom. The van der Waals surface area contributed by atoms with Gasteiger partial charge < -0.3 is 5.11 Å². The van der Waals surface area contributed by atoms with E-state index in [1.165, 1.54) is 0 Å². The SMILES string of the molecule is C=C(C(=O)CC)C(O)CC. The molecular formula is C8H14O2. The quantitative estimate of drug-likeness (QED) is 0.600. The lowest BCUT2D eigenvalue weighted by Gasteiger charge is -2.07. The van der Waals surface area contributed by atoms with Crippen LogP contribution in [-0.4, -0.2) is 17.0 Å². The number of hydrogen-bond acceptors (Lipinski definition) is 2. The summed E-state index contributed by atoms with van der Waals surface area (Å²) < 4.78 is 0. The van der Waals surface area contributed by atoms with Gasteiger partial charge in [0.2, 0.25) is 0 Å². The Hall–Kier alpha value is -0.630. The van der Waals surface area contributed by atoms with E-state index < -0.39 is 6.10 Å². The first kappa shape index (κ1) is 9.37. The second-order valence-corrected chi connectivity index (χ2v) is 2.23. The summed E-state index contributed by atoms with van der Waals surface area (Å²) in [6.45, 7) is 7.07. The number of carbonyl (C=O) groups is 1. The highest BCUT2D eigenvalue weighted by atomic mass is 16.3. The van der Waals surface area contributed by atoms with E-state index in [2.05, 4.69) is 6.58 Å². The second-order valence-electron chi connectivity index (χ2n) is 2.23. The molecule has 0 heterocycles. The maximum absolute atomic E-state index is 10.9. The van der Waals surface area contributed by atoms with E-state index in [1.54, 1.807) is 6.92 Å². The molecular weight excluding hydrogens is 128 g/mol. The zero-order chi connectivity index (χ0) is 8.15. The molecule has 0 bridgehead atoms. The molecule has 0 saturated carbocycles. The maximum Gasteiger partial charge on any atom is 0.160 e. The van der Waals surface area contributed by atoms with Gasteiger partial charge in [-0.3, -0.25) is 4.79 Å². The molecule has 0 fully saturated rings. The lowest BCUT2D eigenvalue weighted by atomic mass is 10.0. The van der Waals surface area contributed by atoms with Gasteiger partial charge in [-0.05, 0) is 6.42 Å². The first-order valence-corrected chi connectivity index (χ1v) is 3.53. The Labute approximate surface area is 61.6 Å². The predicted octanol–water partition coefficient (Wildman–Crippen LogP) is 1.29. The van der Waals surface area contributed by atoms with Gasteiger partial charge in [0.05, 0.1) is 6.10 Å². The van der Waals surface area contributed by atoms with Gasteiger partial charge >= 0.3 is 0 Å². The summed E-state index contributed by atoms with van der Waals surface area (Å²) in [4.78, 5) is 10.9. The van der Waals surface area contributed by atoms with E-state index >= 15 is 0 Å². The van der Waals surface area contributed by atoms with Crippen LogP contribution in [0, 0.1) is 0 Å². The van der Waals surface area contributed by atoms with Crippen LogP contribution < -0.4 is 0 Å². The van der Waals surface area contributed by atoms with Crippen molar-refractivity contribution in [1.82, 2.24) is 0 Å². The Kier molecular flexibility index (Phi) is 3.96. The fraction of sp³-hybridized carbons (Fsp3) is 0.625. The molecule has 0 amide bonds. The molecule has 0 saturated heterocycles. The van der Waals surface area contributed by atoms with E-state index in [1.807, 2.05) is 6.92 Å². The minimum absolute atomic E-state index is 0.0469. The molecule has 0 rings (SSSR count). The molecule has 1 unspecified atom stereocenters. The van der Waals surface area contributed by atoms with Crippen molar-refractivity contribution in [3.05, 3.63) is 12.2 Å². The van der Waals surface area contributed by atoms with Crippen molar-refractivity contribution in [3.8, 4) is 0 Å². The van der Waals surface area contributed by atoms with Crippen LogP contribution >= 0.6 is 0 Å². The highest BCUT2D eigenvalue weighted by Gasteiger charge is 2.11. The van der Waals surface area contributed by atoms with Gasteiger partial charge in [0.1, 0.15) is 0 Å². The number of aliphatic hydroxyl groups is 1. The van der Waals surface area contributed by atoms with Gasteiger partial charge in [-0.15, -0.1) is 0 Å². The Morgan fingerprint density at radius 2 is 2.10 bits per heavy atom. The first-order valence-electron chi connectivity index (χ1n) is 3.53. The average molecular weight is 142 g/mol. The van der Waals surface area contributed by atoms with Crippen LogP contribution in [0.15, 0.2) is 12.2 Å². The Balaban J connectivity index is 3.95. The fourth-order valence-electron chi connectivity index (χ4n) is 0.659. The van der Waals surface area contributed by atoms with Crippen LogP contribution in [0.1, 0.15) is 26.7 Å². The van der Waals surface area contributed by atoms with Crippen molar-refractivity contribution in [2.45, 2.75) is 32.8 Å². The number of rotatable bonds is 4. The molecule has 0 aliphatic rings. The number of hydrogen-bond donors (Lipinski definition) is 1. The molecule has 0 aliphatic heterocycles. The highest BCUT2D eigenvalue weighted by Crippen LogP contribution is 2.06. The number of aliphatic hydroxyl groups excluding tert-OH is 1. The van der Waals surface area contributed by atoms with Crippen LogP contribution in [0.25, 0.3) is 0 Å². The van der Waals surface area contributed by atoms with Crippen LogP contribution in [0.2, 0.25) is 0 Å². The molecule has 58 valence electrons. The standard InChI is InChI=1S/C8H14O2/c1-4-7(9)6(3)8(10)5-2/h7,9H,3-5H2,1-2H3. The molecule has 2 heteroatoms. The zero-order valence-corrected chi connectivity index (χ0v) is 6.55. The largest absolute Gasteiger partial charge is 0.388 e. The molecule has 1 N–H and O–H groups in total.